The number of hydrogen-bond donors (Lipinski definition) is 2. The zero-order valence-corrected chi connectivity index (χ0v) is 14.8. The summed E-state index contributed by atoms with van der Waals surface area (Å²) in [5.41, 5.74) is 4.48. The topological polar surface area (TPSA) is 86.4 Å². The summed E-state index contributed by atoms with van der Waals surface area (Å²) < 4.78 is 0. The highest BCUT2D eigenvalue weighted by molar-refractivity contribution is 6.30. The number of hydrogen-bond acceptors (Lipinski definition) is 5. The van der Waals surface area contributed by atoms with Gasteiger partial charge in [-0.05, 0) is 54.6 Å². The first-order valence-electron chi connectivity index (χ1n) is 8.00. The molecule has 3 rings (SSSR count). The molecule has 27 heavy (non-hydrogen) atoms. The minimum absolute atomic E-state index is 0.0122. The Morgan fingerprint density at radius 2 is 1.63 bits per heavy atom. The predicted molar refractivity (Wildman–Crippen MR) is 105 cm³/mol. The van der Waals surface area contributed by atoms with E-state index in [1.807, 2.05) is 30.3 Å². The Balaban J connectivity index is 1.69. The fourth-order valence-corrected chi connectivity index (χ4v) is 2.27. The number of benzene rings is 3. The van der Waals surface area contributed by atoms with Crippen LogP contribution in [0, 0.1) is 0 Å². The molecule has 2 N–H and O–H groups in total. The fraction of sp³-hybridized carbons (Fsp3) is 0. The largest absolute Gasteiger partial charge is 0.507 e. The van der Waals surface area contributed by atoms with Gasteiger partial charge < -0.3 is 5.11 Å². The van der Waals surface area contributed by atoms with Gasteiger partial charge in [0.25, 0.3) is 5.91 Å². The van der Waals surface area contributed by atoms with E-state index in [-0.39, 0.29) is 11.7 Å². The van der Waals surface area contributed by atoms with Gasteiger partial charge in [-0.25, -0.2) is 5.43 Å². The molecule has 1 amide bonds. The smallest absolute Gasteiger partial charge is 0.271 e. The van der Waals surface area contributed by atoms with Gasteiger partial charge in [0.15, 0.2) is 0 Å². The van der Waals surface area contributed by atoms with Crippen LogP contribution < -0.4 is 5.43 Å². The van der Waals surface area contributed by atoms with Crippen LogP contribution in [0.15, 0.2) is 88.1 Å². The molecular formula is C20H15ClN4O2. The summed E-state index contributed by atoms with van der Waals surface area (Å²) in [5.74, 6) is -0.375. The van der Waals surface area contributed by atoms with E-state index in [2.05, 4.69) is 20.8 Å². The summed E-state index contributed by atoms with van der Waals surface area (Å²) in [4.78, 5) is 12.0. The summed E-state index contributed by atoms with van der Waals surface area (Å²) in [6.45, 7) is 0. The van der Waals surface area contributed by atoms with E-state index in [0.717, 1.165) is 5.69 Å². The second-order valence-electron chi connectivity index (χ2n) is 5.48. The third-order valence-corrected chi connectivity index (χ3v) is 3.78. The van der Waals surface area contributed by atoms with Crippen molar-refractivity contribution in [2.75, 3.05) is 0 Å². The van der Waals surface area contributed by atoms with Gasteiger partial charge in [-0.15, -0.1) is 0 Å². The predicted octanol–water partition coefficient (Wildman–Crippen LogP) is 5.22. The fourth-order valence-electron chi connectivity index (χ4n) is 2.14. The quantitative estimate of drug-likeness (QED) is 0.362. The molecule has 0 heterocycles. The molecule has 0 aliphatic heterocycles. The summed E-state index contributed by atoms with van der Waals surface area (Å²) in [7, 11) is 0. The van der Waals surface area contributed by atoms with Crippen molar-refractivity contribution in [2.45, 2.75) is 0 Å². The van der Waals surface area contributed by atoms with Crippen LogP contribution in [0.1, 0.15) is 15.9 Å². The molecule has 3 aromatic rings. The number of amides is 1. The molecule has 0 atom stereocenters. The number of hydrazone groups is 1. The molecule has 7 heteroatoms. The minimum Gasteiger partial charge on any atom is -0.507 e. The molecule has 3 aromatic carbocycles. The average molecular weight is 379 g/mol. The number of carbonyl (C=O) groups is 1. The van der Waals surface area contributed by atoms with Crippen molar-refractivity contribution in [3.05, 3.63) is 88.9 Å². The van der Waals surface area contributed by atoms with Crippen LogP contribution in [0.25, 0.3) is 0 Å². The lowest BCUT2D eigenvalue weighted by Gasteiger charge is -2.02. The number of phenolic OH excluding ortho intramolecular Hbond substituents is 1. The zero-order chi connectivity index (χ0) is 19.1. The van der Waals surface area contributed by atoms with E-state index in [0.29, 0.717) is 21.8 Å². The number of nitrogens with zero attached hydrogens (tertiary/aromatic N) is 3. The van der Waals surface area contributed by atoms with Gasteiger partial charge in [0.2, 0.25) is 0 Å². The number of rotatable bonds is 5. The Morgan fingerprint density at radius 3 is 2.37 bits per heavy atom. The Labute approximate surface area is 160 Å². The lowest BCUT2D eigenvalue weighted by Crippen LogP contribution is -2.17. The van der Waals surface area contributed by atoms with Crippen LogP contribution in [-0.2, 0) is 0 Å². The van der Waals surface area contributed by atoms with Gasteiger partial charge in [0, 0.05) is 16.1 Å². The number of carbonyl (C=O) groups excluding carboxylic acids is 1. The Kier molecular flexibility index (Phi) is 5.91. The first-order chi connectivity index (χ1) is 13.1. The SMILES string of the molecule is O=C(NN=Cc1cc(N=Nc2ccccc2)ccc1O)c1ccc(Cl)cc1. The summed E-state index contributed by atoms with van der Waals surface area (Å²) >= 11 is 5.79. The maximum absolute atomic E-state index is 12.0. The first kappa shape index (κ1) is 18.3. The molecule has 0 spiro atoms. The Hall–Kier alpha value is -3.51. The highest BCUT2D eigenvalue weighted by Gasteiger charge is 2.04. The second-order valence-corrected chi connectivity index (χ2v) is 5.92. The average Bonchev–Trinajstić information content (AvgIpc) is 2.69. The van der Waals surface area contributed by atoms with Crippen molar-refractivity contribution in [1.29, 1.82) is 0 Å². The van der Waals surface area contributed by atoms with Crippen molar-refractivity contribution in [1.82, 2.24) is 5.43 Å². The van der Waals surface area contributed by atoms with Gasteiger partial charge in [0.05, 0.1) is 17.6 Å². The molecule has 134 valence electrons. The summed E-state index contributed by atoms with van der Waals surface area (Å²) in [5, 5.41) is 22.6. The number of aromatic hydroxyl groups is 1. The third kappa shape index (κ3) is 5.23. The summed E-state index contributed by atoms with van der Waals surface area (Å²) in [6, 6.07) is 20.4. The van der Waals surface area contributed by atoms with Crippen molar-refractivity contribution in [3.63, 3.8) is 0 Å². The van der Waals surface area contributed by atoms with E-state index in [9.17, 15) is 9.90 Å². The Morgan fingerprint density at radius 1 is 0.926 bits per heavy atom. The van der Waals surface area contributed by atoms with Gasteiger partial charge >= 0.3 is 0 Å². The maximum Gasteiger partial charge on any atom is 0.271 e. The number of azo groups is 1. The molecule has 0 aliphatic rings. The van der Waals surface area contributed by atoms with E-state index in [1.54, 1.807) is 36.4 Å². The molecule has 0 fully saturated rings. The molecule has 0 radical (unpaired) electrons. The van der Waals surface area contributed by atoms with Gasteiger partial charge in [0.1, 0.15) is 5.75 Å². The minimum atomic E-state index is -0.387. The van der Waals surface area contributed by atoms with E-state index in [4.69, 9.17) is 11.6 Å². The monoisotopic (exact) mass is 378 g/mol. The molecule has 0 aromatic heterocycles. The second kappa shape index (κ2) is 8.73. The van der Waals surface area contributed by atoms with Crippen molar-refractivity contribution >= 4 is 35.1 Å². The zero-order valence-electron chi connectivity index (χ0n) is 14.1. The number of phenols is 1. The number of nitrogens with one attached hydrogen (secondary N) is 1. The molecule has 6 nitrogen and oxygen atoms in total. The van der Waals surface area contributed by atoms with Gasteiger partial charge in [-0.1, -0.05) is 29.8 Å². The van der Waals surface area contributed by atoms with Crippen molar-refractivity contribution in [3.8, 4) is 5.75 Å². The van der Waals surface area contributed by atoms with Crippen molar-refractivity contribution in [2.24, 2.45) is 15.3 Å². The highest BCUT2D eigenvalue weighted by atomic mass is 35.5. The Bertz CT molecular complexity index is 987. The molecule has 0 unspecified atom stereocenters. The summed E-state index contributed by atoms with van der Waals surface area (Å²) in [6.07, 6.45) is 1.34. The van der Waals surface area contributed by atoms with E-state index < -0.39 is 0 Å². The van der Waals surface area contributed by atoms with E-state index in [1.165, 1.54) is 12.3 Å². The van der Waals surface area contributed by atoms with Crippen molar-refractivity contribution < 1.29 is 9.90 Å². The molecule has 0 bridgehead atoms. The molecule has 0 saturated heterocycles. The van der Waals surface area contributed by atoms with E-state index >= 15 is 0 Å². The van der Waals surface area contributed by atoms with Crippen LogP contribution >= 0.6 is 11.6 Å². The standard InChI is InChI=1S/C20H15ClN4O2/c21-16-8-6-14(7-9-16)20(27)25-22-13-15-12-18(10-11-19(15)26)24-23-17-4-2-1-3-5-17/h1-13,26H,(H,25,27). The lowest BCUT2D eigenvalue weighted by molar-refractivity contribution is 0.0955. The van der Waals surface area contributed by atoms with Crippen LogP contribution in [-0.4, -0.2) is 17.2 Å². The highest BCUT2D eigenvalue weighted by Crippen LogP contribution is 2.24. The number of halogens is 1. The van der Waals surface area contributed by atoms with Crippen LogP contribution in [0.5, 0.6) is 5.75 Å². The first-order valence-corrected chi connectivity index (χ1v) is 8.38. The lowest BCUT2D eigenvalue weighted by atomic mass is 10.2. The third-order valence-electron chi connectivity index (χ3n) is 3.52. The van der Waals surface area contributed by atoms with Crippen LogP contribution in [0.3, 0.4) is 0 Å². The van der Waals surface area contributed by atoms with Gasteiger partial charge in [-0.2, -0.15) is 15.3 Å². The molecular weight excluding hydrogens is 364 g/mol. The molecule has 0 aliphatic carbocycles. The van der Waals surface area contributed by atoms with Gasteiger partial charge in [-0.3, -0.25) is 4.79 Å². The molecule has 0 saturated carbocycles. The normalized spacial score (nSPS) is 11.1. The van der Waals surface area contributed by atoms with Crippen LogP contribution in [0.2, 0.25) is 5.02 Å². The van der Waals surface area contributed by atoms with Crippen LogP contribution in [0.4, 0.5) is 11.4 Å². The maximum atomic E-state index is 12.0.